The maximum absolute atomic E-state index is 5.50. The zero-order chi connectivity index (χ0) is 6.57. The lowest BCUT2D eigenvalue weighted by atomic mass is 11.1. The Hall–Kier alpha value is -0.440. The molecule has 0 aliphatic rings. The second kappa shape index (κ2) is 3.55. The van der Waals surface area contributed by atoms with E-state index in [0.717, 1.165) is 0 Å². The molecular formula is C4H9ClN3+. The first-order valence-corrected chi connectivity index (χ1v) is 2.56. The first kappa shape index (κ1) is 7.56. The van der Waals surface area contributed by atoms with Crippen molar-refractivity contribution in [1.82, 2.24) is 0 Å². The van der Waals surface area contributed by atoms with Gasteiger partial charge in [0.2, 0.25) is 0 Å². The fourth-order valence-electron chi connectivity index (χ4n) is 0.227. The van der Waals surface area contributed by atoms with Gasteiger partial charge in [0.15, 0.2) is 0 Å². The predicted octanol–water partition coefficient (Wildman–Crippen LogP) is 0.935. The van der Waals surface area contributed by atoms with Gasteiger partial charge < -0.3 is 0 Å². The van der Waals surface area contributed by atoms with E-state index in [-0.39, 0.29) is 0 Å². The van der Waals surface area contributed by atoms with Crippen LogP contribution in [0.15, 0.2) is 10.1 Å². The Morgan fingerprint density at radius 3 is 2.12 bits per heavy atom. The molecule has 0 aromatic rings. The molecule has 0 aliphatic heterocycles. The molecule has 0 heterocycles. The zero-order valence-electron chi connectivity index (χ0n) is 5.22. The topological polar surface area (TPSA) is 27.7 Å². The predicted molar refractivity (Wildman–Crippen MR) is 33.7 cm³/mol. The summed E-state index contributed by atoms with van der Waals surface area (Å²) in [7, 11) is 4.99. The molecule has 0 radical (unpaired) electrons. The van der Waals surface area contributed by atoms with Gasteiger partial charge in [-0.3, -0.25) is 0 Å². The lowest BCUT2D eigenvalue weighted by Gasteiger charge is -1.83. The van der Waals surface area contributed by atoms with Crippen molar-refractivity contribution in [1.29, 1.82) is 0 Å². The number of aliphatic imine (C=N–C) groups is 1. The molecule has 0 unspecified atom stereocenters. The van der Waals surface area contributed by atoms with Crippen molar-refractivity contribution in [3.05, 3.63) is 0 Å². The normalized spacial score (nSPS) is 14.5. The van der Waals surface area contributed by atoms with Crippen molar-refractivity contribution < 1.29 is 4.70 Å². The van der Waals surface area contributed by atoms with Crippen molar-refractivity contribution in [3.8, 4) is 0 Å². The molecule has 0 aliphatic carbocycles. The molecule has 0 aromatic carbocycles. The molecule has 0 fully saturated rings. The second-order valence-electron chi connectivity index (χ2n) is 1.22. The number of azo groups is 2. The molecule has 3 nitrogen and oxygen atoms in total. The largest absolute Gasteiger partial charge is 0.410 e. The molecule has 0 N–H and O–H groups in total. The SMILES string of the molecule is CN=C(Cl)[N+](C)=NC. The summed E-state index contributed by atoms with van der Waals surface area (Å²) in [4.78, 5) is 3.67. The van der Waals surface area contributed by atoms with Crippen molar-refractivity contribution in [2.75, 3.05) is 21.1 Å². The van der Waals surface area contributed by atoms with E-state index in [1.807, 2.05) is 0 Å². The Labute approximate surface area is 53.7 Å². The summed E-state index contributed by atoms with van der Waals surface area (Å²) in [6.45, 7) is 0. The van der Waals surface area contributed by atoms with E-state index in [1.54, 1.807) is 21.1 Å². The highest BCUT2D eigenvalue weighted by atomic mass is 35.5. The lowest BCUT2D eigenvalue weighted by Crippen LogP contribution is -2.06. The summed E-state index contributed by atoms with van der Waals surface area (Å²) in [5.41, 5.74) is 0. The molecular weight excluding hydrogens is 126 g/mol. The van der Waals surface area contributed by atoms with Crippen LogP contribution in [0.5, 0.6) is 0 Å². The maximum Gasteiger partial charge on any atom is 0.410 e. The van der Waals surface area contributed by atoms with E-state index in [2.05, 4.69) is 10.1 Å². The number of amidine groups is 1. The Kier molecular flexibility index (Phi) is 3.35. The van der Waals surface area contributed by atoms with Gasteiger partial charge in [-0.15, -0.1) is 9.81 Å². The van der Waals surface area contributed by atoms with E-state index in [1.165, 1.54) is 4.70 Å². The second-order valence-corrected chi connectivity index (χ2v) is 1.55. The molecule has 0 bridgehead atoms. The summed E-state index contributed by atoms with van der Waals surface area (Å²) < 4.78 is 1.49. The van der Waals surface area contributed by atoms with E-state index in [4.69, 9.17) is 11.6 Å². The smallest absolute Gasteiger partial charge is 0.128 e. The van der Waals surface area contributed by atoms with Crippen molar-refractivity contribution in [2.24, 2.45) is 10.1 Å². The highest BCUT2D eigenvalue weighted by Crippen LogP contribution is 1.84. The first-order chi connectivity index (χ1) is 3.72. The number of hydrogen-bond donors (Lipinski definition) is 0. The Balaban J connectivity index is 4.04. The van der Waals surface area contributed by atoms with Gasteiger partial charge in [-0.25, -0.2) is 0 Å². The van der Waals surface area contributed by atoms with Crippen LogP contribution in [0.3, 0.4) is 0 Å². The third-order valence-corrected chi connectivity index (χ3v) is 1.17. The van der Waals surface area contributed by atoms with Crippen LogP contribution in [-0.2, 0) is 0 Å². The number of halogens is 1. The van der Waals surface area contributed by atoms with Crippen LogP contribution in [0.2, 0.25) is 0 Å². The fourth-order valence-corrected chi connectivity index (χ4v) is 0.303. The van der Waals surface area contributed by atoms with Crippen LogP contribution in [0.1, 0.15) is 0 Å². The average Bonchev–Trinajstić information content (AvgIpc) is 1.84. The van der Waals surface area contributed by atoms with Crippen LogP contribution in [0.25, 0.3) is 0 Å². The summed E-state index contributed by atoms with van der Waals surface area (Å²) in [5, 5.41) is 4.13. The minimum Gasteiger partial charge on any atom is -0.128 e. The third-order valence-electron chi connectivity index (χ3n) is 0.752. The Morgan fingerprint density at radius 2 is 2.00 bits per heavy atom. The third kappa shape index (κ3) is 2.02. The molecule has 4 heteroatoms. The summed E-state index contributed by atoms with van der Waals surface area (Å²) in [6.07, 6.45) is 0. The van der Waals surface area contributed by atoms with Crippen molar-refractivity contribution in [2.45, 2.75) is 0 Å². The van der Waals surface area contributed by atoms with Gasteiger partial charge in [0.25, 0.3) is 0 Å². The minimum absolute atomic E-state index is 0.396. The van der Waals surface area contributed by atoms with Gasteiger partial charge >= 0.3 is 5.29 Å². The van der Waals surface area contributed by atoms with Crippen molar-refractivity contribution >= 4 is 16.9 Å². The highest BCUT2D eigenvalue weighted by Gasteiger charge is 2.01. The summed E-state index contributed by atoms with van der Waals surface area (Å²) in [6, 6.07) is 0. The van der Waals surface area contributed by atoms with Gasteiger partial charge in [-0.05, 0) is 0 Å². The fraction of sp³-hybridized carbons (Fsp3) is 0.750. The lowest BCUT2D eigenvalue weighted by molar-refractivity contribution is -0.444. The zero-order valence-corrected chi connectivity index (χ0v) is 5.98. The van der Waals surface area contributed by atoms with E-state index >= 15 is 0 Å². The molecule has 0 saturated heterocycles. The van der Waals surface area contributed by atoms with E-state index in [0.29, 0.717) is 5.29 Å². The molecule has 0 rings (SSSR count). The van der Waals surface area contributed by atoms with Crippen molar-refractivity contribution in [3.63, 3.8) is 0 Å². The Morgan fingerprint density at radius 1 is 1.50 bits per heavy atom. The summed E-state index contributed by atoms with van der Waals surface area (Å²) in [5.74, 6) is 0. The van der Waals surface area contributed by atoms with Gasteiger partial charge in [-0.1, -0.05) is 4.99 Å². The van der Waals surface area contributed by atoms with Crippen LogP contribution in [-0.4, -0.2) is 31.1 Å². The molecule has 0 spiro atoms. The maximum atomic E-state index is 5.50. The molecule has 8 heavy (non-hydrogen) atoms. The number of rotatable bonds is 0. The average molecular weight is 135 g/mol. The van der Waals surface area contributed by atoms with Gasteiger partial charge in [0.1, 0.15) is 14.1 Å². The highest BCUT2D eigenvalue weighted by molar-refractivity contribution is 6.62. The monoisotopic (exact) mass is 134 g/mol. The van der Waals surface area contributed by atoms with Gasteiger partial charge in [0, 0.05) is 11.6 Å². The Bertz CT molecular complexity index is 111. The standard InChI is InChI=1S/C4H9ClN3/c1-6-4(5)8(3)7-2/h1-3H3/q+1. The van der Waals surface area contributed by atoms with Gasteiger partial charge in [-0.2, -0.15) is 0 Å². The van der Waals surface area contributed by atoms with E-state index in [9.17, 15) is 0 Å². The molecule has 0 amide bonds. The molecule has 0 atom stereocenters. The molecule has 0 saturated carbocycles. The van der Waals surface area contributed by atoms with E-state index < -0.39 is 0 Å². The van der Waals surface area contributed by atoms with Crippen LogP contribution in [0, 0.1) is 0 Å². The minimum atomic E-state index is 0.396. The van der Waals surface area contributed by atoms with Crippen LogP contribution in [0.4, 0.5) is 0 Å². The quantitative estimate of drug-likeness (QED) is 0.155. The first-order valence-electron chi connectivity index (χ1n) is 2.18. The molecule has 46 valence electrons. The number of hydrogen-bond acceptors (Lipinski definition) is 2. The summed E-state index contributed by atoms with van der Waals surface area (Å²) >= 11 is 5.50. The van der Waals surface area contributed by atoms with Crippen LogP contribution < -0.4 is 0 Å². The van der Waals surface area contributed by atoms with Crippen LogP contribution >= 0.6 is 11.6 Å². The molecule has 0 aromatic heterocycles. The van der Waals surface area contributed by atoms with Gasteiger partial charge in [0.05, 0.1) is 7.05 Å². The number of nitrogens with zero attached hydrogens (tertiary/aromatic N) is 3.